The van der Waals surface area contributed by atoms with Crippen molar-refractivity contribution in [2.24, 2.45) is 5.92 Å². The molecule has 0 aromatic carbocycles. The largest absolute Gasteiger partial charge is 0.393 e. The van der Waals surface area contributed by atoms with E-state index in [-0.39, 0.29) is 6.10 Å². The Labute approximate surface area is 89.1 Å². The number of aliphatic hydroxyl groups is 1. The molecule has 5 heteroatoms. The van der Waals surface area contributed by atoms with Crippen molar-refractivity contribution in [2.75, 3.05) is 13.1 Å². The van der Waals surface area contributed by atoms with Crippen LogP contribution in [-0.2, 0) is 6.54 Å². The van der Waals surface area contributed by atoms with Gasteiger partial charge in [-0.3, -0.25) is 4.90 Å². The van der Waals surface area contributed by atoms with Crippen molar-refractivity contribution >= 4 is 0 Å². The van der Waals surface area contributed by atoms with Crippen molar-refractivity contribution in [1.29, 1.82) is 0 Å². The van der Waals surface area contributed by atoms with Crippen LogP contribution in [0.25, 0.3) is 0 Å². The normalized spacial score (nSPS) is 28.2. The van der Waals surface area contributed by atoms with Gasteiger partial charge in [0.25, 0.3) is 0 Å². The van der Waals surface area contributed by atoms with Gasteiger partial charge in [-0.05, 0) is 19.3 Å². The van der Waals surface area contributed by atoms with E-state index in [1.165, 1.54) is 0 Å². The van der Waals surface area contributed by atoms with E-state index in [2.05, 4.69) is 22.0 Å². The van der Waals surface area contributed by atoms with Gasteiger partial charge in [-0.1, -0.05) is 12.1 Å². The number of likely N-dealkylation sites (tertiary alicyclic amines) is 1. The molecular weight excluding hydrogens is 194 g/mol. The van der Waals surface area contributed by atoms with Crippen LogP contribution in [0.2, 0.25) is 0 Å². The van der Waals surface area contributed by atoms with Crippen LogP contribution in [0.3, 0.4) is 0 Å². The Morgan fingerprint density at radius 1 is 1.60 bits per heavy atom. The number of piperidine rings is 1. The highest BCUT2D eigenvalue weighted by Crippen LogP contribution is 2.17. The third-order valence-electron chi connectivity index (χ3n) is 2.87. The van der Waals surface area contributed by atoms with E-state index in [1.54, 1.807) is 0 Å². The molecule has 2 rings (SSSR count). The van der Waals surface area contributed by atoms with Crippen molar-refractivity contribution in [3.05, 3.63) is 11.7 Å². The second kappa shape index (κ2) is 4.28. The number of nitrogens with zero attached hydrogens (tertiary/aromatic N) is 3. The molecule has 1 N–H and O–H groups in total. The predicted molar refractivity (Wildman–Crippen MR) is 54.1 cm³/mol. The van der Waals surface area contributed by atoms with Crippen LogP contribution in [0.4, 0.5) is 0 Å². The highest BCUT2D eigenvalue weighted by molar-refractivity contribution is 4.85. The minimum absolute atomic E-state index is 0.161. The molecule has 84 valence electrons. The van der Waals surface area contributed by atoms with E-state index in [4.69, 9.17) is 4.52 Å². The molecule has 0 radical (unpaired) electrons. The Bertz CT molecular complexity index is 326. The van der Waals surface area contributed by atoms with Crippen LogP contribution in [-0.4, -0.2) is 39.3 Å². The van der Waals surface area contributed by atoms with Crippen molar-refractivity contribution in [3.63, 3.8) is 0 Å². The van der Waals surface area contributed by atoms with Crippen LogP contribution < -0.4 is 0 Å². The average Bonchev–Trinajstić information content (AvgIpc) is 2.58. The summed E-state index contributed by atoms with van der Waals surface area (Å²) in [5.41, 5.74) is 0. The van der Waals surface area contributed by atoms with E-state index in [1.807, 2.05) is 6.92 Å². The van der Waals surface area contributed by atoms with Gasteiger partial charge in [0.2, 0.25) is 5.89 Å². The lowest BCUT2D eigenvalue weighted by atomic mass is 9.97. The van der Waals surface area contributed by atoms with Gasteiger partial charge in [-0.15, -0.1) is 0 Å². The molecule has 15 heavy (non-hydrogen) atoms. The number of rotatable bonds is 2. The van der Waals surface area contributed by atoms with Gasteiger partial charge < -0.3 is 9.63 Å². The maximum absolute atomic E-state index is 9.59. The van der Waals surface area contributed by atoms with E-state index in [9.17, 15) is 5.11 Å². The molecular formula is C10H17N3O2. The second-order valence-corrected chi connectivity index (χ2v) is 4.30. The molecule has 1 aliphatic heterocycles. The molecule has 0 aliphatic carbocycles. The molecule has 1 saturated heterocycles. The Hall–Kier alpha value is -0.940. The molecule has 2 unspecified atom stereocenters. The summed E-state index contributed by atoms with van der Waals surface area (Å²) in [4.78, 5) is 6.41. The summed E-state index contributed by atoms with van der Waals surface area (Å²) in [6, 6.07) is 0. The predicted octanol–water partition coefficient (Wildman–Crippen LogP) is 0.581. The average molecular weight is 211 g/mol. The number of aryl methyl sites for hydroxylation is 1. The Kier molecular flexibility index (Phi) is 3.02. The van der Waals surface area contributed by atoms with Gasteiger partial charge in [0.1, 0.15) is 0 Å². The lowest BCUT2D eigenvalue weighted by molar-refractivity contribution is 0.0282. The summed E-state index contributed by atoms with van der Waals surface area (Å²) < 4.78 is 5.06. The summed E-state index contributed by atoms with van der Waals surface area (Å²) in [7, 11) is 0. The molecule has 0 amide bonds. The standard InChI is InChI=1S/C10H17N3O2/c1-7-5-13(4-3-9(7)14)6-10-11-8(2)12-15-10/h7,9,14H,3-6H2,1-2H3. The van der Waals surface area contributed by atoms with Crippen molar-refractivity contribution in [3.8, 4) is 0 Å². The first-order chi connectivity index (χ1) is 7.15. The molecule has 2 atom stereocenters. The first kappa shape index (κ1) is 10.6. The van der Waals surface area contributed by atoms with Gasteiger partial charge in [-0.25, -0.2) is 0 Å². The Morgan fingerprint density at radius 2 is 2.40 bits per heavy atom. The third-order valence-corrected chi connectivity index (χ3v) is 2.87. The molecule has 2 heterocycles. The minimum Gasteiger partial charge on any atom is -0.393 e. The molecule has 1 fully saturated rings. The molecule has 0 spiro atoms. The van der Waals surface area contributed by atoms with Gasteiger partial charge in [0.05, 0.1) is 12.6 Å². The van der Waals surface area contributed by atoms with E-state index >= 15 is 0 Å². The summed E-state index contributed by atoms with van der Waals surface area (Å²) >= 11 is 0. The van der Waals surface area contributed by atoms with Gasteiger partial charge in [0, 0.05) is 13.1 Å². The number of aromatic nitrogens is 2. The molecule has 1 aromatic heterocycles. The fraction of sp³-hybridized carbons (Fsp3) is 0.800. The molecule has 1 aliphatic rings. The summed E-state index contributed by atoms with van der Waals surface area (Å²) in [6.45, 7) is 6.36. The highest BCUT2D eigenvalue weighted by atomic mass is 16.5. The van der Waals surface area contributed by atoms with Crippen molar-refractivity contribution in [1.82, 2.24) is 15.0 Å². The third kappa shape index (κ3) is 2.54. The second-order valence-electron chi connectivity index (χ2n) is 4.30. The minimum atomic E-state index is -0.161. The number of hydrogen-bond donors (Lipinski definition) is 1. The molecule has 5 nitrogen and oxygen atoms in total. The molecule has 1 aromatic rings. The monoisotopic (exact) mass is 211 g/mol. The van der Waals surface area contributed by atoms with Crippen molar-refractivity contribution < 1.29 is 9.63 Å². The zero-order valence-electron chi connectivity index (χ0n) is 9.18. The topological polar surface area (TPSA) is 62.4 Å². The van der Waals surface area contributed by atoms with E-state index in [0.29, 0.717) is 24.2 Å². The summed E-state index contributed by atoms with van der Waals surface area (Å²) in [6.07, 6.45) is 0.666. The van der Waals surface area contributed by atoms with Gasteiger partial charge >= 0.3 is 0 Å². The highest BCUT2D eigenvalue weighted by Gasteiger charge is 2.25. The van der Waals surface area contributed by atoms with Gasteiger partial charge in [-0.2, -0.15) is 4.98 Å². The first-order valence-corrected chi connectivity index (χ1v) is 5.35. The molecule has 0 bridgehead atoms. The molecule has 0 saturated carbocycles. The van der Waals surface area contributed by atoms with Crippen LogP contribution in [0.15, 0.2) is 4.52 Å². The van der Waals surface area contributed by atoms with Crippen LogP contribution >= 0.6 is 0 Å². The lowest BCUT2D eigenvalue weighted by Crippen LogP contribution is -2.41. The fourth-order valence-corrected chi connectivity index (χ4v) is 1.96. The number of hydrogen-bond acceptors (Lipinski definition) is 5. The van der Waals surface area contributed by atoms with Crippen LogP contribution in [0, 0.1) is 12.8 Å². The maximum Gasteiger partial charge on any atom is 0.240 e. The smallest absolute Gasteiger partial charge is 0.240 e. The Balaban J connectivity index is 1.90. The zero-order valence-corrected chi connectivity index (χ0v) is 9.18. The quantitative estimate of drug-likeness (QED) is 0.775. The Morgan fingerprint density at radius 3 is 3.00 bits per heavy atom. The van der Waals surface area contributed by atoms with Crippen LogP contribution in [0.5, 0.6) is 0 Å². The summed E-state index contributed by atoms with van der Waals surface area (Å²) in [5.74, 6) is 1.66. The van der Waals surface area contributed by atoms with E-state index < -0.39 is 0 Å². The fourth-order valence-electron chi connectivity index (χ4n) is 1.96. The van der Waals surface area contributed by atoms with Gasteiger partial charge in [0.15, 0.2) is 5.82 Å². The first-order valence-electron chi connectivity index (χ1n) is 5.35. The van der Waals surface area contributed by atoms with Crippen molar-refractivity contribution in [2.45, 2.75) is 32.9 Å². The lowest BCUT2D eigenvalue weighted by Gasteiger charge is -2.33. The summed E-state index contributed by atoms with van der Waals surface area (Å²) in [5, 5.41) is 13.3. The van der Waals surface area contributed by atoms with Crippen LogP contribution in [0.1, 0.15) is 25.1 Å². The maximum atomic E-state index is 9.59. The SMILES string of the molecule is Cc1noc(CN2CCC(O)C(C)C2)n1. The number of aliphatic hydroxyl groups excluding tert-OH is 1. The zero-order chi connectivity index (χ0) is 10.8. The van der Waals surface area contributed by atoms with E-state index in [0.717, 1.165) is 19.5 Å².